The van der Waals surface area contributed by atoms with Crippen molar-refractivity contribution in [2.45, 2.75) is 24.6 Å². The molecule has 1 aliphatic rings. The van der Waals surface area contributed by atoms with Gasteiger partial charge in [0, 0.05) is 12.3 Å². The number of nitrogens with one attached hydrogen (secondary N) is 1. The lowest BCUT2D eigenvalue weighted by atomic mass is 10.2. The number of aromatic nitrogens is 1. The van der Waals surface area contributed by atoms with Crippen LogP contribution in [0.5, 0.6) is 0 Å². The molecule has 0 aromatic carbocycles. The van der Waals surface area contributed by atoms with Gasteiger partial charge in [-0.05, 0) is 12.8 Å². The van der Waals surface area contributed by atoms with Gasteiger partial charge in [0.05, 0.1) is 11.0 Å². The predicted octanol–water partition coefficient (Wildman–Crippen LogP) is 2.50. The highest BCUT2D eigenvalue weighted by molar-refractivity contribution is 5.48. The Morgan fingerprint density at radius 1 is 1.47 bits per heavy atom. The van der Waals surface area contributed by atoms with Crippen molar-refractivity contribution in [3.05, 3.63) is 28.4 Å². The van der Waals surface area contributed by atoms with Crippen LogP contribution in [-0.4, -0.2) is 21.6 Å². The Kier molecular flexibility index (Phi) is 2.44. The van der Waals surface area contributed by atoms with Crippen molar-refractivity contribution in [3.63, 3.8) is 0 Å². The molecule has 92 valence electrons. The molecular weight excluding hydrogens is 239 g/mol. The SMILES string of the molecule is O=[N+]([O-])c1ccnc(NC2(C(F)(F)F)CC2)c1. The van der Waals surface area contributed by atoms with Crippen LogP contribution in [-0.2, 0) is 0 Å². The van der Waals surface area contributed by atoms with E-state index in [9.17, 15) is 23.3 Å². The molecule has 5 nitrogen and oxygen atoms in total. The zero-order valence-corrected chi connectivity index (χ0v) is 8.49. The Bertz CT molecular complexity index is 457. The maximum absolute atomic E-state index is 12.6. The van der Waals surface area contributed by atoms with E-state index in [0.717, 1.165) is 18.3 Å². The van der Waals surface area contributed by atoms with Gasteiger partial charge in [-0.1, -0.05) is 0 Å². The monoisotopic (exact) mass is 247 g/mol. The van der Waals surface area contributed by atoms with Gasteiger partial charge in [0.25, 0.3) is 5.69 Å². The van der Waals surface area contributed by atoms with Gasteiger partial charge in [-0.25, -0.2) is 4.98 Å². The zero-order valence-electron chi connectivity index (χ0n) is 8.49. The van der Waals surface area contributed by atoms with Crippen molar-refractivity contribution in [2.75, 3.05) is 5.32 Å². The van der Waals surface area contributed by atoms with E-state index in [1.807, 2.05) is 0 Å². The van der Waals surface area contributed by atoms with Crippen LogP contribution in [0.3, 0.4) is 0 Å². The van der Waals surface area contributed by atoms with Gasteiger partial charge >= 0.3 is 6.18 Å². The molecule has 1 N–H and O–H groups in total. The van der Waals surface area contributed by atoms with Crippen molar-refractivity contribution in [1.82, 2.24) is 4.98 Å². The smallest absolute Gasteiger partial charge is 0.356 e. The Morgan fingerprint density at radius 2 is 2.12 bits per heavy atom. The summed E-state index contributed by atoms with van der Waals surface area (Å²) >= 11 is 0. The summed E-state index contributed by atoms with van der Waals surface area (Å²) in [7, 11) is 0. The van der Waals surface area contributed by atoms with Crippen LogP contribution in [0.1, 0.15) is 12.8 Å². The summed E-state index contributed by atoms with van der Waals surface area (Å²) in [5.41, 5.74) is -2.25. The number of nitro groups is 1. The third-order valence-corrected chi connectivity index (χ3v) is 2.61. The maximum Gasteiger partial charge on any atom is 0.411 e. The van der Waals surface area contributed by atoms with Crippen LogP contribution in [0.15, 0.2) is 18.3 Å². The quantitative estimate of drug-likeness (QED) is 0.658. The lowest BCUT2D eigenvalue weighted by Gasteiger charge is -2.20. The number of nitrogens with zero attached hydrogens (tertiary/aromatic N) is 2. The average Bonchev–Trinajstić information content (AvgIpc) is 2.98. The molecule has 1 aromatic rings. The van der Waals surface area contributed by atoms with Crippen LogP contribution >= 0.6 is 0 Å². The second kappa shape index (κ2) is 3.57. The van der Waals surface area contributed by atoms with Crippen molar-refractivity contribution in [1.29, 1.82) is 0 Å². The van der Waals surface area contributed by atoms with Crippen LogP contribution in [0.25, 0.3) is 0 Å². The highest BCUT2D eigenvalue weighted by Gasteiger charge is 2.63. The number of rotatable bonds is 3. The lowest BCUT2D eigenvalue weighted by Crippen LogP contribution is -2.38. The fraction of sp³-hybridized carbons (Fsp3) is 0.444. The molecule has 1 saturated carbocycles. The van der Waals surface area contributed by atoms with Crippen molar-refractivity contribution >= 4 is 11.5 Å². The largest absolute Gasteiger partial charge is 0.411 e. The first-order valence-electron chi connectivity index (χ1n) is 4.79. The molecule has 0 bridgehead atoms. The molecule has 17 heavy (non-hydrogen) atoms. The Morgan fingerprint density at radius 3 is 2.59 bits per heavy atom. The van der Waals surface area contributed by atoms with E-state index in [1.165, 1.54) is 0 Å². The van der Waals surface area contributed by atoms with Gasteiger partial charge in [0.15, 0.2) is 0 Å². The fourth-order valence-electron chi connectivity index (χ4n) is 1.45. The van der Waals surface area contributed by atoms with Crippen LogP contribution in [0.4, 0.5) is 24.7 Å². The molecule has 0 aliphatic heterocycles. The molecule has 0 radical (unpaired) electrons. The van der Waals surface area contributed by atoms with E-state index in [0.29, 0.717) is 0 Å². The third kappa shape index (κ3) is 2.15. The van der Waals surface area contributed by atoms with Crippen LogP contribution in [0, 0.1) is 10.1 Å². The van der Waals surface area contributed by atoms with Crippen molar-refractivity contribution < 1.29 is 18.1 Å². The first-order chi connectivity index (χ1) is 7.84. The minimum Gasteiger partial charge on any atom is -0.356 e. The number of anilines is 1. The number of pyridine rings is 1. The van der Waals surface area contributed by atoms with E-state index in [2.05, 4.69) is 10.3 Å². The molecule has 0 unspecified atom stereocenters. The Hall–Kier alpha value is -1.86. The minimum absolute atomic E-state index is 0.0408. The molecular formula is C9H8F3N3O2. The molecule has 0 atom stereocenters. The molecule has 8 heteroatoms. The minimum atomic E-state index is -4.38. The van der Waals surface area contributed by atoms with Crippen molar-refractivity contribution in [3.8, 4) is 0 Å². The van der Waals surface area contributed by atoms with Gasteiger partial charge in [0.2, 0.25) is 0 Å². The number of alkyl halides is 3. The van der Waals surface area contributed by atoms with E-state index < -0.39 is 16.6 Å². The number of halogens is 3. The molecule has 1 fully saturated rings. The van der Waals surface area contributed by atoms with Crippen LogP contribution < -0.4 is 5.32 Å². The summed E-state index contributed by atoms with van der Waals surface area (Å²) in [6, 6.07) is 2.12. The zero-order chi connectivity index (χ0) is 12.7. The summed E-state index contributed by atoms with van der Waals surface area (Å²) < 4.78 is 37.8. The second-order valence-electron chi connectivity index (χ2n) is 3.86. The molecule has 0 amide bonds. The summed E-state index contributed by atoms with van der Waals surface area (Å²) in [6.07, 6.45) is -3.35. The number of hydrogen-bond acceptors (Lipinski definition) is 4. The summed E-state index contributed by atoms with van der Waals surface area (Å²) in [6.45, 7) is 0. The molecule has 1 aromatic heterocycles. The molecule has 1 heterocycles. The van der Waals surface area contributed by atoms with E-state index in [4.69, 9.17) is 0 Å². The normalized spacial score (nSPS) is 17.6. The lowest BCUT2D eigenvalue weighted by molar-refractivity contribution is -0.384. The van der Waals surface area contributed by atoms with Gasteiger partial charge in [0.1, 0.15) is 11.4 Å². The average molecular weight is 247 g/mol. The Balaban J connectivity index is 2.20. The van der Waals surface area contributed by atoms with E-state index >= 15 is 0 Å². The third-order valence-electron chi connectivity index (χ3n) is 2.61. The van der Waals surface area contributed by atoms with Gasteiger partial charge in [-0.2, -0.15) is 13.2 Å². The van der Waals surface area contributed by atoms with Gasteiger partial charge < -0.3 is 5.32 Å². The standard InChI is InChI=1S/C9H8F3N3O2/c10-9(11,12)8(2-3-8)14-7-5-6(15(16)17)1-4-13-7/h1,4-5H,2-3H2,(H,13,14). The maximum atomic E-state index is 12.6. The number of hydrogen-bond donors (Lipinski definition) is 1. The van der Waals surface area contributed by atoms with E-state index in [1.54, 1.807) is 0 Å². The highest BCUT2D eigenvalue weighted by atomic mass is 19.4. The van der Waals surface area contributed by atoms with E-state index in [-0.39, 0.29) is 24.3 Å². The summed E-state index contributed by atoms with van der Waals surface area (Å²) in [4.78, 5) is 13.4. The molecule has 0 spiro atoms. The summed E-state index contributed by atoms with van der Waals surface area (Å²) in [5, 5.41) is 12.7. The first-order valence-corrected chi connectivity index (χ1v) is 4.79. The molecule has 2 rings (SSSR count). The molecule has 0 saturated heterocycles. The predicted molar refractivity (Wildman–Crippen MR) is 52.5 cm³/mol. The summed E-state index contributed by atoms with van der Waals surface area (Å²) in [5.74, 6) is -0.131. The molecule has 1 aliphatic carbocycles. The fourth-order valence-corrected chi connectivity index (χ4v) is 1.45. The first kappa shape index (κ1) is 11.6. The van der Waals surface area contributed by atoms with Crippen molar-refractivity contribution in [2.24, 2.45) is 0 Å². The second-order valence-corrected chi connectivity index (χ2v) is 3.86. The Labute approximate surface area is 93.8 Å². The topological polar surface area (TPSA) is 68.1 Å². The van der Waals surface area contributed by atoms with Gasteiger partial charge in [-0.15, -0.1) is 0 Å². The van der Waals surface area contributed by atoms with Crippen LogP contribution in [0.2, 0.25) is 0 Å². The highest BCUT2D eigenvalue weighted by Crippen LogP contribution is 2.51. The van der Waals surface area contributed by atoms with Gasteiger partial charge in [-0.3, -0.25) is 10.1 Å².